The molecule has 0 amide bonds. The summed E-state index contributed by atoms with van der Waals surface area (Å²) < 4.78 is 27.1. The van der Waals surface area contributed by atoms with E-state index in [4.69, 9.17) is 17.3 Å². The maximum absolute atomic E-state index is 14.0. The van der Waals surface area contributed by atoms with Gasteiger partial charge in [-0.1, -0.05) is 29.8 Å². The molecule has 2 unspecified atom stereocenters. The third-order valence-corrected chi connectivity index (χ3v) is 3.80. The Bertz CT molecular complexity index is 648. The molecule has 0 aliphatic heterocycles. The zero-order valence-corrected chi connectivity index (χ0v) is 12.2. The van der Waals surface area contributed by atoms with E-state index in [9.17, 15) is 13.9 Å². The van der Waals surface area contributed by atoms with E-state index in [0.29, 0.717) is 5.56 Å². The van der Waals surface area contributed by atoms with Gasteiger partial charge < -0.3 is 10.8 Å². The molecule has 0 spiro atoms. The van der Waals surface area contributed by atoms with E-state index in [1.54, 1.807) is 13.0 Å². The summed E-state index contributed by atoms with van der Waals surface area (Å²) in [5.74, 6) is -1.59. The summed E-state index contributed by atoms with van der Waals surface area (Å²) in [6.45, 7) is 1.82. The maximum Gasteiger partial charge on any atom is 0.129 e. The number of rotatable bonds is 4. The maximum atomic E-state index is 14.0. The van der Waals surface area contributed by atoms with Gasteiger partial charge in [0.2, 0.25) is 0 Å². The summed E-state index contributed by atoms with van der Waals surface area (Å²) in [7, 11) is 0. The molecule has 3 N–H and O–H groups in total. The van der Waals surface area contributed by atoms with Crippen molar-refractivity contribution in [1.82, 2.24) is 0 Å². The van der Waals surface area contributed by atoms with Crippen LogP contribution in [0.1, 0.15) is 28.7 Å². The van der Waals surface area contributed by atoms with Crippen LogP contribution in [0.4, 0.5) is 8.78 Å². The fraction of sp³-hybridized carbons (Fsp3) is 0.250. The highest BCUT2D eigenvalue weighted by Crippen LogP contribution is 2.35. The SMILES string of the molecule is Cc1ccc(C(O)C(CN)c2ccc(F)cc2Cl)c(F)c1. The molecule has 0 aromatic heterocycles. The molecule has 112 valence electrons. The van der Waals surface area contributed by atoms with E-state index >= 15 is 0 Å². The lowest BCUT2D eigenvalue weighted by atomic mass is 9.88. The van der Waals surface area contributed by atoms with Crippen LogP contribution in [-0.2, 0) is 0 Å². The van der Waals surface area contributed by atoms with Gasteiger partial charge in [-0.05, 0) is 36.2 Å². The zero-order chi connectivity index (χ0) is 15.6. The Morgan fingerprint density at radius 2 is 1.81 bits per heavy atom. The quantitative estimate of drug-likeness (QED) is 0.904. The van der Waals surface area contributed by atoms with Crippen molar-refractivity contribution < 1.29 is 13.9 Å². The normalized spacial score (nSPS) is 14.0. The molecule has 0 radical (unpaired) electrons. The van der Waals surface area contributed by atoms with E-state index in [1.165, 1.54) is 24.3 Å². The number of aryl methyl sites for hydroxylation is 1. The van der Waals surface area contributed by atoms with Gasteiger partial charge in [0.25, 0.3) is 0 Å². The molecule has 0 fully saturated rings. The van der Waals surface area contributed by atoms with Crippen molar-refractivity contribution in [2.45, 2.75) is 18.9 Å². The summed E-state index contributed by atoms with van der Waals surface area (Å²) in [6, 6.07) is 8.43. The minimum Gasteiger partial charge on any atom is -0.388 e. The summed E-state index contributed by atoms with van der Waals surface area (Å²) in [5.41, 5.74) is 7.10. The second kappa shape index (κ2) is 6.52. The molecule has 2 aromatic carbocycles. The lowest BCUT2D eigenvalue weighted by Crippen LogP contribution is -2.21. The van der Waals surface area contributed by atoms with Crippen LogP contribution in [0.3, 0.4) is 0 Å². The Kier molecular flexibility index (Phi) is 4.93. The molecule has 2 nitrogen and oxygen atoms in total. The van der Waals surface area contributed by atoms with Gasteiger partial charge in [0, 0.05) is 23.0 Å². The first-order chi connectivity index (χ1) is 9.93. The van der Waals surface area contributed by atoms with Crippen molar-refractivity contribution in [2.24, 2.45) is 5.73 Å². The first kappa shape index (κ1) is 15.9. The van der Waals surface area contributed by atoms with E-state index in [1.807, 2.05) is 0 Å². The van der Waals surface area contributed by atoms with Gasteiger partial charge >= 0.3 is 0 Å². The van der Waals surface area contributed by atoms with Gasteiger partial charge in [-0.25, -0.2) is 8.78 Å². The molecule has 0 heterocycles. The lowest BCUT2D eigenvalue weighted by Gasteiger charge is -2.23. The number of benzene rings is 2. The smallest absolute Gasteiger partial charge is 0.129 e. The van der Waals surface area contributed by atoms with Gasteiger partial charge in [-0.3, -0.25) is 0 Å². The Hall–Kier alpha value is -1.49. The van der Waals surface area contributed by atoms with Gasteiger partial charge in [0.05, 0.1) is 6.10 Å². The number of aliphatic hydroxyl groups is 1. The molecule has 0 saturated heterocycles. The van der Waals surface area contributed by atoms with Gasteiger partial charge in [-0.2, -0.15) is 0 Å². The Labute approximate surface area is 127 Å². The number of hydrogen-bond donors (Lipinski definition) is 2. The van der Waals surface area contributed by atoms with E-state index in [2.05, 4.69) is 0 Å². The minimum absolute atomic E-state index is 0.0554. The second-order valence-electron chi connectivity index (χ2n) is 4.98. The van der Waals surface area contributed by atoms with E-state index in [0.717, 1.165) is 11.6 Å². The molecule has 0 bridgehead atoms. The first-order valence-corrected chi connectivity index (χ1v) is 6.91. The average molecular weight is 312 g/mol. The fourth-order valence-corrected chi connectivity index (χ4v) is 2.62. The second-order valence-corrected chi connectivity index (χ2v) is 5.39. The van der Waals surface area contributed by atoms with Crippen LogP contribution in [0.25, 0.3) is 0 Å². The van der Waals surface area contributed by atoms with Crippen LogP contribution in [0.2, 0.25) is 5.02 Å². The molecule has 0 aliphatic carbocycles. The number of aliphatic hydroxyl groups excluding tert-OH is 1. The molecule has 21 heavy (non-hydrogen) atoms. The van der Waals surface area contributed by atoms with Crippen molar-refractivity contribution in [3.63, 3.8) is 0 Å². The van der Waals surface area contributed by atoms with Crippen molar-refractivity contribution in [3.05, 3.63) is 69.7 Å². The minimum atomic E-state index is -1.15. The van der Waals surface area contributed by atoms with Crippen LogP contribution < -0.4 is 5.73 Å². The van der Waals surface area contributed by atoms with Crippen molar-refractivity contribution in [3.8, 4) is 0 Å². The molecule has 2 rings (SSSR count). The third-order valence-electron chi connectivity index (χ3n) is 3.47. The zero-order valence-electron chi connectivity index (χ0n) is 11.5. The standard InChI is InChI=1S/C16H16ClF2NO/c1-9-2-4-12(15(19)6-9)16(21)13(8-20)11-5-3-10(18)7-14(11)17/h2-7,13,16,21H,8,20H2,1H3. The van der Waals surface area contributed by atoms with Crippen LogP contribution in [0.15, 0.2) is 36.4 Å². The van der Waals surface area contributed by atoms with Gasteiger partial charge in [0.1, 0.15) is 11.6 Å². The third kappa shape index (κ3) is 3.40. The summed E-state index contributed by atoms with van der Waals surface area (Å²) in [4.78, 5) is 0. The molecule has 2 atom stereocenters. The first-order valence-electron chi connectivity index (χ1n) is 6.53. The van der Waals surface area contributed by atoms with Crippen LogP contribution in [0.5, 0.6) is 0 Å². The topological polar surface area (TPSA) is 46.2 Å². The summed E-state index contributed by atoms with van der Waals surface area (Å²) in [5, 5.41) is 10.6. The molecule has 0 aliphatic rings. The molecule has 5 heteroatoms. The Morgan fingerprint density at radius 1 is 1.14 bits per heavy atom. The van der Waals surface area contributed by atoms with Crippen molar-refractivity contribution in [1.29, 1.82) is 0 Å². The highest BCUT2D eigenvalue weighted by Gasteiger charge is 2.26. The average Bonchev–Trinajstić information content (AvgIpc) is 2.41. The van der Waals surface area contributed by atoms with E-state index in [-0.39, 0.29) is 17.1 Å². The van der Waals surface area contributed by atoms with Crippen LogP contribution in [-0.4, -0.2) is 11.7 Å². The largest absolute Gasteiger partial charge is 0.388 e. The monoisotopic (exact) mass is 311 g/mol. The Balaban J connectivity index is 2.40. The van der Waals surface area contributed by atoms with Crippen molar-refractivity contribution >= 4 is 11.6 Å². The van der Waals surface area contributed by atoms with Crippen LogP contribution in [0, 0.1) is 18.6 Å². The Morgan fingerprint density at radius 3 is 2.38 bits per heavy atom. The molecule has 2 aromatic rings. The number of hydrogen-bond acceptors (Lipinski definition) is 2. The van der Waals surface area contributed by atoms with Crippen molar-refractivity contribution in [2.75, 3.05) is 6.54 Å². The number of nitrogens with two attached hydrogens (primary N) is 1. The predicted molar refractivity (Wildman–Crippen MR) is 79.3 cm³/mol. The van der Waals surface area contributed by atoms with Crippen LogP contribution >= 0.6 is 11.6 Å². The number of halogens is 3. The highest BCUT2D eigenvalue weighted by molar-refractivity contribution is 6.31. The van der Waals surface area contributed by atoms with Gasteiger partial charge in [-0.15, -0.1) is 0 Å². The predicted octanol–water partition coefficient (Wildman–Crippen LogP) is 3.70. The molecular weight excluding hydrogens is 296 g/mol. The fourth-order valence-electron chi connectivity index (χ4n) is 2.32. The summed E-state index contributed by atoms with van der Waals surface area (Å²) in [6.07, 6.45) is -1.15. The summed E-state index contributed by atoms with van der Waals surface area (Å²) >= 11 is 6.00. The molecule has 0 saturated carbocycles. The molecular formula is C16H16ClF2NO. The lowest BCUT2D eigenvalue weighted by molar-refractivity contribution is 0.143. The van der Waals surface area contributed by atoms with E-state index < -0.39 is 23.7 Å². The van der Waals surface area contributed by atoms with Gasteiger partial charge in [0.15, 0.2) is 0 Å². The highest BCUT2D eigenvalue weighted by atomic mass is 35.5.